The lowest BCUT2D eigenvalue weighted by molar-refractivity contribution is -0.384. The van der Waals surface area contributed by atoms with Gasteiger partial charge in [-0.25, -0.2) is 9.78 Å². The molecular formula is C19H9N3O4S2. The van der Waals surface area contributed by atoms with Gasteiger partial charge in [0.25, 0.3) is 5.69 Å². The average Bonchev–Trinajstić information content (AvgIpc) is 3.37. The number of benzene rings is 1. The number of hydrogen-bond acceptors (Lipinski definition) is 8. The Morgan fingerprint density at radius 3 is 2.86 bits per heavy atom. The van der Waals surface area contributed by atoms with Crippen LogP contribution in [0, 0.1) is 21.4 Å². The maximum absolute atomic E-state index is 12.3. The number of nitrogens with zero attached hydrogens (tertiary/aromatic N) is 3. The number of rotatable bonds is 4. The minimum Gasteiger partial charge on any atom is -0.422 e. The molecular weight excluding hydrogens is 398 g/mol. The summed E-state index contributed by atoms with van der Waals surface area (Å²) in [6, 6.07) is 9.54. The summed E-state index contributed by atoms with van der Waals surface area (Å²) < 4.78 is 5.27. The van der Waals surface area contributed by atoms with Crippen LogP contribution in [0.1, 0.15) is 10.6 Å². The van der Waals surface area contributed by atoms with Crippen LogP contribution in [0.3, 0.4) is 0 Å². The summed E-state index contributed by atoms with van der Waals surface area (Å²) in [6.45, 7) is 0. The third-order valence-electron chi connectivity index (χ3n) is 3.91. The summed E-state index contributed by atoms with van der Waals surface area (Å²) in [4.78, 5) is 27.2. The number of thiophene rings is 1. The van der Waals surface area contributed by atoms with Crippen molar-refractivity contribution in [2.45, 2.75) is 0 Å². The standard InChI is InChI=1S/C19H9N3O4S2/c20-8-13(5-11-3-4-27-9-11)18-21-16(10-28-18)15-7-12-6-14(22(24)25)1-2-17(12)26-19(15)23/h1-7,9-10H. The fourth-order valence-electron chi connectivity index (χ4n) is 2.59. The third kappa shape index (κ3) is 3.34. The van der Waals surface area contributed by atoms with Gasteiger partial charge in [0.2, 0.25) is 0 Å². The number of allylic oxidation sites excluding steroid dienone is 1. The zero-order valence-electron chi connectivity index (χ0n) is 14.0. The van der Waals surface area contributed by atoms with Crippen molar-refractivity contribution in [2.75, 3.05) is 0 Å². The van der Waals surface area contributed by atoms with Crippen LogP contribution >= 0.6 is 22.7 Å². The normalized spacial score (nSPS) is 11.5. The average molecular weight is 407 g/mol. The number of nitro groups is 1. The summed E-state index contributed by atoms with van der Waals surface area (Å²) in [6.07, 6.45) is 1.73. The van der Waals surface area contributed by atoms with Crippen LogP contribution in [0.25, 0.3) is 33.9 Å². The monoisotopic (exact) mass is 407 g/mol. The molecule has 0 aliphatic carbocycles. The van der Waals surface area contributed by atoms with Crippen LogP contribution in [0.2, 0.25) is 0 Å². The highest BCUT2D eigenvalue weighted by atomic mass is 32.1. The van der Waals surface area contributed by atoms with Crippen molar-refractivity contribution >= 4 is 51.0 Å². The first-order valence-electron chi connectivity index (χ1n) is 7.88. The molecule has 3 heterocycles. The molecule has 0 saturated carbocycles. The molecule has 0 radical (unpaired) electrons. The summed E-state index contributed by atoms with van der Waals surface area (Å²) in [5.74, 6) is 0. The molecule has 1 aromatic carbocycles. The number of fused-ring (bicyclic) bond motifs is 1. The highest BCUT2D eigenvalue weighted by Crippen LogP contribution is 2.28. The number of nitriles is 1. The molecule has 0 fully saturated rings. The van der Waals surface area contributed by atoms with E-state index < -0.39 is 10.5 Å². The van der Waals surface area contributed by atoms with Gasteiger partial charge in [0, 0.05) is 22.9 Å². The second-order valence-electron chi connectivity index (χ2n) is 5.69. The molecule has 7 nitrogen and oxygen atoms in total. The number of aromatic nitrogens is 1. The van der Waals surface area contributed by atoms with E-state index in [-0.39, 0.29) is 16.8 Å². The zero-order valence-corrected chi connectivity index (χ0v) is 15.6. The van der Waals surface area contributed by atoms with Gasteiger partial charge in [-0.2, -0.15) is 16.6 Å². The van der Waals surface area contributed by atoms with E-state index in [2.05, 4.69) is 11.1 Å². The van der Waals surface area contributed by atoms with Crippen molar-refractivity contribution in [2.24, 2.45) is 0 Å². The van der Waals surface area contributed by atoms with Crippen LogP contribution in [0.5, 0.6) is 0 Å². The third-order valence-corrected chi connectivity index (χ3v) is 5.49. The van der Waals surface area contributed by atoms with E-state index in [1.165, 1.54) is 46.9 Å². The predicted molar refractivity (Wildman–Crippen MR) is 108 cm³/mol. The van der Waals surface area contributed by atoms with Gasteiger partial charge < -0.3 is 4.42 Å². The summed E-state index contributed by atoms with van der Waals surface area (Å²) in [5.41, 5.74) is 1.38. The first-order valence-corrected chi connectivity index (χ1v) is 9.70. The molecule has 0 aliphatic heterocycles. The van der Waals surface area contributed by atoms with E-state index in [9.17, 15) is 20.2 Å². The van der Waals surface area contributed by atoms with Gasteiger partial charge in [-0.15, -0.1) is 11.3 Å². The van der Waals surface area contributed by atoms with Crippen LogP contribution in [0.4, 0.5) is 5.69 Å². The van der Waals surface area contributed by atoms with Crippen LogP contribution in [-0.4, -0.2) is 9.91 Å². The Kier molecular flexibility index (Phi) is 4.57. The summed E-state index contributed by atoms with van der Waals surface area (Å²) in [5, 5.41) is 26.8. The van der Waals surface area contributed by atoms with Crippen molar-refractivity contribution in [1.29, 1.82) is 5.26 Å². The molecule has 136 valence electrons. The SMILES string of the molecule is N#CC(=Cc1ccsc1)c1nc(-c2cc3cc([N+](=O)[O-])ccc3oc2=O)cs1. The lowest BCUT2D eigenvalue weighted by Gasteiger charge is -2.00. The lowest BCUT2D eigenvalue weighted by Crippen LogP contribution is -2.03. The van der Waals surface area contributed by atoms with Crippen molar-refractivity contribution < 1.29 is 9.34 Å². The van der Waals surface area contributed by atoms with Crippen molar-refractivity contribution in [3.05, 3.63) is 77.6 Å². The molecule has 4 rings (SSSR count). The van der Waals surface area contributed by atoms with E-state index in [1.54, 1.807) is 11.5 Å². The largest absolute Gasteiger partial charge is 0.422 e. The Morgan fingerprint density at radius 2 is 2.14 bits per heavy atom. The molecule has 0 N–H and O–H groups in total. The van der Waals surface area contributed by atoms with E-state index in [1.807, 2.05) is 16.8 Å². The van der Waals surface area contributed by atoms with E-state index in [0.29, 0.717) is 21.7 Å². The zero-order chi connectivity index (χ0) is 19.7. The minimum atomic E-state index is -0.599. The summed E-state index contributed by atoms with van der Waals surface area (Å²) in [7, 11) is 0. The fourth-order valence-corrected chi connectivity index (χ4v) is 3.99. The number of nitro benzene ring substituents is 1. The van der Waals surface area contributed by atoms with E-state index >= 15 is 0 Å². The lowest BCUT2D eigenvalue weighted by atomic mass is 10.1. The quantitative estimate of drug-likeness (QED) is 0.205. The molecule has 0 amide bonds. The Morgan fingerprint density at radius 1 is 1.29 bits per heavy atom. The highest BCUT2D eigenvalue weighted by molar-refractivity contribution is 7.11. The Hall–Kier alpha value is -3.61. The molecule has 9 heteroatoms. The summed E-state index contributed by atoms with van der Waals surface area (Å²) >= 11 is 2.76. The van der Waals surface area contributed by atoms with E-state index in [0.717, 1.165) is 5.56 Å². The van der Waals surface area contributed by atoms with Gasteiger partial charge in [-0.1, -0.05) is 0 Å². The smallest absolute Gasteiger partial charge is 0.345 e. The number of hydrogen-bond donors (Lipinski definition) is 0. The van der Waals surface area contributed by atoms with E-state index in [4.69, 9.17) is 4.42 Å². The molecule has 0 atom stereocenters. The molecule has 0 unspecified atom stereocenters. The second kappa shape index (κ2) is 7.19. The van der Waals surface area contributed by atoms with Gasteiger partial charge in [0.05, 0.1) is 21.8 Å². The van der Waals surface area contributed by atoms with Crippen molar-refractivity contribution in [3.63, 3.8) is 0 Å². The van der Waals surface area contributed by atoms with Crippen molar-refractivity contribution in [1.82, 2.24) is 4.98 Å². The molecule has 0 bridgehead atoms. The van der Waals surface area contributed by atoms with Gasteiger partial charge in [-0.05, 0) is 40.6 Å². The maximum atomic E-state index is 12.3. The molecule has 0 aliphatic rings. The molecule has 4 aromatic rings. The molecule has 0 spiro atoms. The maximum Gasteiger partial charge on any atom is 0.345 e. The van der Waals surface area contributed by atoms with Gasteiger partial charge in [0.15, 0.2) is 0 Å². The molecule has 28 heavy (non-hydrogen) atoms. The van der Waals surface area contributed by atoms with Gasteiger partial charge in [-0.3, -0.25) is 10.1 Å². The van der Waals surface area contributed by atoms with Crippen LogP contribution in [-0.2, 0) is 0 Å². The predicted octanol–water partition coefficient (Wildman–Crippen LogP) is 4.95. The first-order chi connectivity index (χ1) is 13.5. The topological polar surface area (TPSA) is 110 Å². The van der Waals surface area contributed by atoms with Crippen molar-refractivity contribution in [3.8, 4) is 17.3 Å². The Bertz CT molecular complexity index is 1330. The number of non-ortho nitro benzene ring substituents is 1. The van der Waals surface area contributed by atoms with Crippen LogP contribution in [0.15, 0.2) is 55.7 Å². The first kappa shape index (κ1) is 17.8. The van der Waals surface area contributed by atoms with Crippen LogP contribution < -0.4 is 5.63 Å². The minimum absolute atomic E-state index is 0.100. The number of thiazole rings is 1. The Balaban J connectivity index is 1.78. The molecule has 0 saturated heterocycles. The molecule has 3 aromatic heterocycles. The van der Waals surface area contributed by atoms with Gasteiger partial charge >= 0.3 is 5.63 Å². The fraction of sp³-hybridized carbons (Fsp3) is 0. The second-order valence-corrected chi connectivity index (χ2v) is 7.33. The Labute approximate surface area is 165 Å². The highest BCUT2D eigenvalue weighted by Gasteiger charge is 2.15. The van der Waals surface area contributed by atoms with Gasteiger partial charge in [0.1, 0.15) is 16.7 Å².